The van der Waals surface area contributed by atoms with Crippen LogP contribution in [0, 0.1) is 0 Å². The zero-order valence-corrected chi connectivity index (χ0v) is 13.8. The van der Waals surface area contributed by atoms with Crippen LogP contribution in [0.5, 0.6) is 11.5 Å². The van der Waals surface area contributed by atoms with Crippen LogP contribution in [0.3, 0.4) is 0 Å². The predicted octanol–water partition coefficient (Wildman–Crippen LogP) is 3.99. The standard InChI is InChI=1S/C18H13ClO6/c1-8(20)11-6-12-13(7-14(21)22)17(9-2-4-10(19)5-3-9)25-18(12)16(24)15(11)23/h2-6,23-24H,7H2,1H3,(H,21,22). The lowest BCUT2D eigenvalue weighted by Gasteiger charge is -2.04. The fourth-order valence-electron chi connectivity index (χ4n) is 2.68. The average molecular weight is 361 g/mol. The molecule has 0 aliphatic heterocycles. The number of halogens is 1. The lowest BCUT2D eigenvalue weighted by molar-refractivity contribution is -0.136. The summed E-state index contributed by atoms with van der Waals surface area (Å²) in [6.07, 6.45) is -0.382. The number of benzene rings is 2. The molecule has 3 aromatic rings. The van der Waals surface area contributed by atoms with Gasteiger partial charge in [-0.15, -0.1) is 0 Å². The van der Waals surface area contributed by atoms with Gasteiger partial charge < -0.3 is 19.7 Å². The predicted molar refractivity (Wildman–Crippen MR) is 91.3 cm³/mol. The fraction of sp³-hybridized carbons (Fsp3) is 0.111. The maximum Gasteiger partial charge on any atom is 0.307 e. The summed E-state index contributed by atoms with van der Waals surface area (Å²) in [5.41, 5.74) is 0.659. The van der Waals surface area contributed by atoms with Crippen molar-refractivity contribution < 1.29 is 29.3 Å². The number of phenols is 2. The molecule has 3 rings (SSSR count). The van der Waals surface area contributed by atoms with Crippen LogP contribution in [0.25, 0.3) is 22.3 Å². The molecule has 0 amide bonds. The van der Waals surface area contributed by atoms with Crippen molar-refractivity contribution in [2.75, 3.05) is 0 Å². The van der Waals surface area contributed by atoms with Gasteiger partial charge in [0, 0.05) is 21.5 Å². The van der Waals surface area contributed by atoms with Gasteiger partial charge in [-0.2, -0.15) is 0 Å². The van der Waals surface area contributed by atoms with Crippen LogP contribution in [0.2, 0.25) is 5.02 Å². The SMILES string of the molecule is CC(=O)c1cc2c(CC(=O)O)c(-c3ccc(Cl)cc3)oc2c(O)c1O. The van der Waals surface area contributed by atoms with Gasteiger partial charge in [0.25, 0.3) is 0 Å². The molecule has 0 atom stereocenters. The number of hydrogen-bond acceptors (Lipinski definition) is 5. The first-order valence-electron chi connectivity index (χ1n) is 7.28. The molecule has 1 aromatic heterocycles. The number of carbonyl (C=O) groups is 2. The van der Waals surface area contributed by atoms with E-state index in [9.17, 15) is 24.9 Å². The van der Waals surface area contributed by atoms with Gasteiger partial charge in [-0.1, -0.05) is 11.6 Å². The fourth-order valence-corrected chi connectivity index (χ4v) is 2.81. The normalized spacial score (nSPS) is 11.0. The number of ketones is 1. The number of Topliss-reactive ketones (excluding diaryl/α,β-unsaturated/α-hetero) is 1. The molecule has 7 heteroatoms. The van der Waals surface area contributed by atoms with Crippen molar-refractivity contribution in [3.63, 3.8) is 0 Å². The van der Waals surface area contributed by atoms with Crippen LogP contribution in [0.15, 0.2) is 34.7 Å². The van der Waals surface area contributed by atoms with Crippen LogP contribution in [-0.2, 0) is 11.2 Å². The number of phenolic OH excluding ortho intramolecular Hbond substituents is 2. The summed E-state index contributed by atoms with van der Waals surface area (Å²) in [5.74, 6) is -2.54. The topological polar surface area (TPSA) is 108 Å². The smallest absolute Gasteiger partial charge is 0.307 e. The molecule has 128 valence electrons. The van der Waals surface area contributed by atoms with E-state index in [4.69, 9.17) is 16.0 Å². The Bertz CT molecular complexity index is 1000. The molecule has 0 spiro atoms. The number of aliphatic carboxylic acids is 1. The van der Waals surface area contributed by atoms with Crippen LogP contribution < -0.4 is 0 Å². The number of hydrogen-bond donors (Lipinski definition) is 3. The second-order valence-corrected chi connectivity index (χ2v) is 5.98. The minimum atomic E-state index is -1.10. The zero-order valence-electron chi connectivity index (χ0n) is 13.0. The Morgan fingerprint density at radius 2 is 1.76 bits per heavy atom. The zero-order chi connectivity index (χ0) is 18.3. The molecule has 1 heterocycles. The van der Waals surface area contributed by atoms with E-state index in [1.54, 1.807) is 24.3 Å². The first-order chi connectivity index (χ1) is 11.8. The van der Waals surface area contributed by atoms with Crippen molar-refractivity contribution in [3.05, 3.63) is 46.5 Å². The van der Waals surface area contributed by atoms with Gasteiger partial charge in [0.1, 0.15) is 5.76 Å². The van der Waals surface area contributed by atoms with E-state index in [1.165, 1.54) is 13.0 Å². The molecule has 0 radical (unpaired) electrons. The maximum absolute atomic E-state index is 11.7. The van der Waals surface area contributed by atoms with E-state index >= 15 is 0 Å². The third-order valence-electron chi connectivity index (χ3n) is 3.84. The monoisotopic (exact) mass is 360 g/mol. The summed E-state index contributed by atoms with van der Waals surface area (Å²) in [5, 5.41) is 30.2. The van der Waals surface area contributed by atoms with Gasteiger partial charge in [-0.05, 0) is 37.3 Å². The number of aromatic hydroxyl groups is 2. The van der Waals surface area contributed by atoms with E-state index in [0.717, 1.165) is 0 Å². The molecule has 3 N–H and O–H groups in total. The van der Waals surface area contributed by atoms with Gasteiger partial charge in [0.2, 0.25) is 5.75 Å². The van der Waals surface area contributed by atoms with E-state index < -0.39 is 23.3 Å². The van der Waals surface area contributed by atoms with E-state index in [1.807, 2.05) is 0 Å². The van der Waals surface area contributed by atoms with Crippen molar-refractivity contribution in [1.29, 1.82) is 0 Å². The molecular formula is C18H13ClO6. The molecule has 0 saturated heterocycles. The number of carboxylic acid groups (broad SMARTS) is 1. The Balaban J connectivity index is 2.37. The second kappa shape index (κ2) is 6.14. The van der Waals surface area contributed by atoms with Gasteiger partial charge in [-0.3, -0.25) is 9.59 Å². The second-order valence-electron chi connectivity index (χ2n) is 5.54. The number of fused-ring (bicyclic) bond motifs is 1. The summed E-state index contributed by atoms with van der Waals surface area (Å²) < 4.78 is 5.64. The van der Waals surface area contributed by atoms with Gasteiger partial charge in [0.15, 0.2) is 17.1 Å². The minimum absolute atomic E-state index is 0.0799. The van der Waals surface area contributed by atoms with Crippen LogP contribution >= 0.6 is 11.6 Å². The van der Waals surface area contributed by atoms with Crippen molar-refractivity contribution in [2.24, 2.45) is 0 Å². The van der Waals surface area contributed by atoms with Crippen molar-refractivity contribution in [3.8, 4) is 22.8 Å². The molecule has 0 fully saturated rings. The Morgan fingerprint density at radius 1 is 1.12 bits per heavy atom. The van der Waals surface area contributed by atoms with E-state index in [-0.39, 0.29) is 28.7 Å². The van der Waals surface area contributed by atoms with Crippen molar-refractivity contribution >= 4 is 34.3 Å². The Kier molecular flexibility index (Phi) is 4.14. The Labute approximate surface area is 146 Å². The molecule has 0 unspecified atom stereocenters. The summed E-state index contributed by atoms with van der Waals surface area (Å²) in [7, 11) is 0. The van der Waals surface area contributed by atoms with Crippen LogP contribution in [0.1, 0.15) is 22.8 Å². The molecular weight excluding hydrogens is 348 g/mol. The first kappa shape index (κ1) is 16.9. The third-order valence-corrected chi connectivity index (χ3v) is 4.10. The maximum atomic E-state index is 11.7. The highest BCUT2D eigenvalue weighted by Crippen LogP contribution is 2.44. The molecule has 0 saturated carbocycles. The molecule has 25 heavy (non-hydrogen) atoms. The van der Waals surface area contributed by atoms with Crippen molar-refractivity contribution in [1.82, 2.24) is 0 Å². The highest BCUT2D eigenvalue weighted by atomic mass is 35.5. The third kappa shape index (κ3) is 2.92. The number of carbonyl (C=O) groups excluding carboxylic acids is 1. The quantitative estimate of drug-likeness (QED) is 0.479. The number of furan rings is 1. The highest BCUT2D eigenvalue weighted by Gasteiger charge is 2.25. The summed E-state index contributed by atoms with van der Waals surface area (Å²) in [6, 6.07) is 7.86. The Hall–Kier alpha value is -2.99. The van der Waals surface area contributed by atoms with Crippen molar-refractivity contribution in [2.45, 2.75) is 13.3 Å². The van der Waals surface area contributed by atoms with Gasteiger partial charge in [0.05, 0.1) is 12.0 Å². The largest absolute Gasteiger partial charge is 0.504 e. The molecule has 0 bridgehead atoms. The average Bonchev–Trinajstić information content (AvgIpc) is 2.89. The number of carboxylic acids is 1. The minimum Gasteiger partial charge on any atom is -0.504 e. The lowest BCUT2D eigenvalue weighted by Crippen LogP contribution is -2.01. The first-order valence-corrected chi connectivity index (χ1v) is 7.66. The van der Waals surface area contributed by atoms with Crippen LogP contribution in [0.4, 0.5) is 0 Å². The number of rotatable bonds is 4. The highest BCUT2D eigenvalue weighted by molar-refractivity contribution is 6.30. The lowest BCUT2D eigenvalue weighted by atomic mass is 10.00. The summed E-state index contributed by atoms with van der Waals surface area (Å²) >= 11 is 5.87. The molecule has 2 aromatic carbocycles. The summed E-state index contributed by atoms with van der Waals surface area (Å²) in [6.45, 7) is 1.23. The molecule has 6 nitrogen and oxygen atoms in total. The molecule has 0 aliphatic carbocycles. The van der Waals surface area contributed by atoms with Crippen LogP contribution in [-0.4, -0.2) is 27.1 Å². The summed E-state index contributed by atoms with van der Waals surface area (Å²) in [4.78, 5) is 23.0. The van der Waals surface area contributed by atoms with E-state index in [0.29, 0.717) is 16.1 Å². The van der Waals surface area contributed by atoms with Gasteiger partial charge >= 0.3 is 5.97 Å². The van der Waals surface area contributed by atoms with E-state index in [2.05, 4.69) is 0 Å². The van der Waals surface area contributed by atoms with Gasteiger partial charge in [-0.25, -0.2) is 0 Å². The molecule has 0 aliphatic rings. The Morgan fingerprint density at radius 3 is 2.32 bits per heavy atom.